The first-order valence-electron chi connectivity index (χ1n) is 19.5. The topological polar surface area (TPSA) is 23.0 Å². The molecule has 0 spiro atoms. The lowest BCUT2D eigenvalue weighted by Crippen LogP contribution is -1.97. The number of aromatic nitrogens is 2. The van der Waals surface area contributed by atoms with Gasteiger partial charge >= 0.3 is 0 Å². The number of hydrogen-bond acceptors (Lipinski definition) is 1. The highest BCUT2D eigenvalue weighted by molar-refractivity contribution is 6.18. The van der Waals surface area contributed by atoms with Gasteiger partial charge in [-0.15, -0.1) is 0 Å². The lowest BCUT2D eigenvalue weighted by Gasteiger charge is -2.14. The van der Waals surface area contributed by atoms with Crippen molar-refractivity contribution in [2.24, 2.45) is 0 Å². The zero-order chi connectivity index (χ0) is 37.5. The SMILES string of the molecule is c1ccc(-c2cccc(-c3ccc(-n4c5ccccc5c5ccc(-c6cccc7c8ccccc8n(-c8ccccc8)c67)cc54)c4oc5ccccc5c34)c2)cc1. The summed E-state index contributed by atoms with van der Waals surface area (Å²) in [6.45, 7) is 0. The Bertz CT molecular complexity index is 3510. The Morgan fingerprint density at radius 1 is 0.333 bits per heavy atom. The molecule has 3 aromatic heterocycles. The van der Waals surface area contributed by atoms with Gasteiger partial charge in [0.2, 0.25) is 0 Å². The first kappa shape index (κ1) is 31.7. The van der Waals surface area contributed by atoms with Gasteiger partial charge < -0.3 is 13.6 Å². The van der Waals surface area contributed by atoms with Crippen LogP contribution in [0.25, 0.3) is 110 Å². The largest absolute Gasteiger partial charge is 0.454 e. The molecule has 0 unspecified atom stereocenters. The fraction of sp³-hybridized carbons (Fsp3) is 0. The van der Waals surface area contributed by atoms with E-state index in [1.165, 1.54) is 49.3 Å². The number of hydrogen-bond donors (Lipinski definition) is 0. The lowest BCUT2D eigenvalue weighted by molar-refractivity contribution is 0.666. The van der Waals surface area contributed by atoms with Gasteiger partial charge in [-0.05, 0) is 76.3 Å². The van der Waals surface area contributed by atoms with Crippen LogP contribution in [0, 0.1) is 0 Å². The average Bonchev–Trinajstić information content (AvgIpc) is 3.95. The van der Waals surface area contributed by atoms with Crippen molar-refractivity contribution in [3.63, 3.8) is 0 Å². The van der Waals surface area contributed by atoms with Crippen LogP contribution in [-0.4, -0.2) is 9.13 Å². The molecule has 0 aliphatic rings. The summed E-state index contributed by atoms with van der Waals surface area (Å²) in [5.41, 5.74) is 15.6. The molecule has 3 nitrogen and oxygen atoms in total. The summed E-state index contributed by atoms with van der Waals surface area (Å²) in [6.07, 6.45) is 0. The third-order valence-corrected chi connectivity index (χ3v) is 11.7. The molecule has 0 aliphatic heterocycles. The van der Waals surface area contributed by atoms with Crippen molar-refractivity contribution in [1.82, 2.24) is 9.13 Å². The summed E-state index contributed by atoms with van der Waals surface area (Å²) in [6, 6.07) is 74.3. The van der Waals surface area contributed by atoms with Gasteiger partial charge in [0, 0.05) is 43.6 Å². The Labute approximate surface area is 328 Å². The highest BCUT2D eigenvalue weighted by Gasteiger charge is 2.22. The standard InChI is InChI=1S/C54H34N2O/c1-3-15-35(16-4-1)36-17-13-18-37(33-36)40-31-32-49(54-52(40)46-23-9-12-28-51(46)57-54)56-48-27-11-7-21-42(48)44-30-29-38(34-50(44)56)41-24-14-25-45-43-22-8-10-26-47(43)55(53(41)45)39-19-5-2-6-20-39/h1-34H. The van der Waals surface area contributed by atoms with E-state index in [0.29, 0.717) is 0 Å². The maximum absolute atomic E-state index is 6.93. The Hall–Kier alpha value is -7.62. The molecule has 0 saturated heterocycles. The minimum Gasteiger partial charge on any atom is -0.454 e. The Morgan fingerprint density at radius 2 is 0.930 bits per heavy atom. The van der Waals surface area contributed by atoms with E-state index in [9.17, 15) is 0 Å². The van der Waals surface area contributed by atoms with Crippen LogP contribution in [0.2, 0.25) is 0 Å². The summed E-state index contributed by atoms with van der Waals surface area (Å²) in [7, 11) is 0. The molecule has 57 heavy (non-hydrogen) atoms. The number of para-hydroxylation sites is 5. The summed E-state index contributed by atoms with van der Waals surface area (Å²) < 4.78 is 11.8. The van der Waals surface area contributed by atoms with Crippen molar-refractivity contribution in [2.45, 2.75) is 0 Å². The smallest absolute Gasteiger partial charge is 0.160 e. The van der Waals surface area contributed by atoms with E-state index in [1.807, 2.05) is 0 Å². The van der Waals surface area contributed by atoms with Gasteiger partial charge in [-0.25, -0.2) is 0 Å². The zero-order valence-electron chi connectivity index (χ0n) is 30.9. The van der Waals surface area contributed by atoms with Gasteiger partial charge in [0.25, 0.3) is 0 Å². The molecule has 0 atom stereocenters. The van der Waals surface area contributed by atoms with Gasteiger partial charge in [0.1, 0.15) is 5.58 Å². The first-order valence-corrected chi connectivity index (χ1v) is 19.5. The minimum absolute atomic E-state index is 0.873. The second kappa shape index (κ2) is 12.5. The predicted octanol–water partition coefficient (Wildman–Crippen LogP) is 14.8. The van der Waals surface area contributed by atoms with Crippen LogP contribution < -0.4 is 0 Å². The van der Waals surface area contributed by atoms with Crippen LogP contribution in [0.3, 0.4) is 0 Å². The van der Waals surface area contributed by atoms with Crippen LogP contribution in [0.1, 0.15) is 0 Å². The number of benzene rings is 9. The van der Waals surface area contributed by atoms with Crippen LogP contribution in [-0.2, 0) is 0 Å². The fourth-order valence-electron chi connectivity index (χ4n) is 9.22. The minimum atomic E-state index is 0.873. The van der Waals surface area contributed by atoms with E-state index in [0.717, 1.165) is 61.0 Å². The monoisotopic (exact) mass is 726 g/mol. The number of rotatable bonds is 5. The summed E-state index contributed by atoms with van der Waals surface area (Å²) >= 11 is 0. The Balaban J connectivity index is 1.13. The van der Waals surface area contributed by atoms with E-state index < -0.39 is 0 Å². The summed E-state index contributed by atoms with van der Waals surface area (Å²) in [4.78, 5) is 0. The third kappa shape index (κ3) is 4.79. The zero-order valence-corrected chi connectivity index (χ0v) is 30.9. The molecule has 0 radical (unpaired) electrons. The quantitative estimate of drug-likeness (QED) is 0.173. The average molecular weight is 727 g/mol. The lowest BCUT2D eigenvalue weighted by atomic mass is 9.95. The molecule has 0 bridgehead atoms. The van der Waals surface area contributed by atoms with Crippen LogP contribution in [0.15, 0.2) is 211 Å². The number of furan rings is 1. The second-order valence-electron chi connectivity index (χ2n) is 14.9. The predicted molar refractivity (Wildman–Crippen MR) is 239 cm³/mol. The van der Waals surface area contributed by atoms with Crippen LogP contribution in [0.5, 0.6) is 0 Å². The first-order chi connectivity index (χ1) is 28.3. The molecule has 0 aliphatic carbocycles. The molecule has 266 valence electrons. The highest BCUT2D eigenvalue weighted by atomic mass is 16.3. The molecule has 0 amide bonds. The molecule has 3 heterocycles. The maximum Gasteiger partial charge on any atom is 0.160 e. The van der Waals surface area contributed by atoms with Crippen molar-refractivity contribution < 1.29 is 4.42 Å². The molecule has 0 fully saturated rings. The Morgan fingerprint density at radius 3 is 1.75 bits per heavy atom. The van der Waals surface area contributed by atoms with E-state index in [1.54, 1.807) is 0 Å². The van der Waals surface area contributed by atoms with Crippen LogP contribution in [0.4, 0.5) is 0 Å². The third-order valence-electron chi connectivity index (χ3n) is 11.7. The van der Waals surface area contributed by atoms with Gasteiger partial charge in [0.05, 0.1) is 27.8 Å². The normalized spacial score (nSPS) is 11.9. The van der Waals surface area contributed by atoms with Gasteiger partial charge in [0.15, 0.2) is 5.58 Å². The van der Waals surface area contributed by atoms with Crippen molar-refractivity contribution in [3.8, 4) is 44.8 Å². The molecular weight excluding hydrogens is 693 g/mol. The van der Waals surface area contributed by atoms with Crippen molar-refractivity contribution in [1.29, 1.82) is 0 Å². The molecule has 3 heteroatoms. The van der Waals surface area contributed by atoms with Crippen molar-refractivity contribution in [2.75, 3.05) is 0 Å². The molecule has 9 aromatic carbocycles. The van der Waals surface area contributed by atoms with E-state index in [-0.39, 0.29) is 0 Å². The number of fused-ring (bicyclic) bond motifs is 9. The molecule has 0 saturated carbocycles. The molecular formula is C54H34N2O. The highest BCUT2D eigenvalue weighted by Crippen LogP contribution is 2.44. The van der Waals surface area contributed by atoms with E-state index >= 15 is 0 Å². The van der Waals surface area contributed by atoms with Gasteiger partial charge in [-0.3, -0.25) is 0 Å². The molecule has 0 N–H and O–H groups in total. The van der Waals surface area contributed by atoms with Gasteiger partial charge in [-0.2, -0.15) is 0 Å². The van der Waals surface area contributed by atoms with Crippen LogP contribution >= 0.6 is 0 Å². The maximum atomic E-state index is 6.93. The fourth-order valence-corrected chi connectivity index (χ4v) is 9.22. The van der Waals surface area contributed by atoms with Crippen molar-refractivity contribution in [3.05, 3.63) is 206 Å². The van der Waals surface area contributed by atoms with E-state index in [4.69, 9.17) is 4.42 Å². The van der Waals surface area contributed by atoms with E-state index in [2.05, 4.69) is 215 Å². The van der Waals surface area contributed by atoms with Gasteiger partial charge in [-0.1, -0.05) is 158 Å². The number of nitrogens with zero attached hydrogens (tertiary/aromatic N) is 2. The van der Waals surface area contributed by atoms with Crippen molar-refractivity contribution >= 4 is 65.6 Å². The summed E-state index contributed by atoms with van der Waals surface area (Å²) in [5, 5.41) is 7.12. The molecule has 12 aromatic rings. The second-order valence-corrected chi connectivity index (χ2v) is 14.9. The summed E-state index contributed by atoms with van der Waals surface area (Å²) in [5.74, 6) is 0. The Kier molecular flexibility index (Phi) is 6.93. The molecule has 12 rings (SSSR count).